The third-order valence-corrected chi connectivity index (χ3v) is 2.62. The van der Waals surface area contributed by atoms with Crippen LogP contribution >= 0.6 is 0 Å². The number of rotatable bonds is 6. The maximum atomic E-state index is 5.53. The standard InChI is InChI=1S/C15H21NO2/c1-6-15(3,4)16-11-12-8-9-13(17-5)14(10-12)18-7-2/h1,8-10,16H,7,11H2,2-5H3. The molecule has 0 spiro atoms. The van der Waals surface area contributed by atoms with Crippen molar-refractivity contribution in [3.8, 4) is 23.8 Å². The van der Waals surface area contributed by atoms with Crippen molar-refractivity contribution in [3.63, 3.8) is 0 Å². The lowest BCUT2D eigenvalue weighted by Crippen LogP contribution is -2.36. The zero-order valence-corrected chi connectivity index (χ0v) is 11.5. The third-order valence-electron chi connectivity index (χ3n) is 2.62. The molecule has 0 aliphatic heterocycles. The molecule has 3 nitrogen and oxygen atoms in total. The normalized spacial score (nSPS) is 10.8. The van der Waals surface area contributed by atoms with Crippen LogP contribution in [0.4, 0.5) is 0 Å². The van der Waals surface area contributed by atoms with E-state index in [-0.39, 0.29) is 5.54 Å². The van der Waals surface area contributed by atoms with Gasteiger partial charge in [-0.3, -0.25) is 5.32 Å². The molecule has 1 aromatic rings. The molecule has 0 aromatic heterocycles. The van der Waals surface area contributed by atoms with E-state index < -0.39 is 0 Å². The Morgan fingerprint density at radius 2 is 2.06 bits per heavy atom. The number of methoxy groups -OCH3 is 1. The number of nitrogens with one attached hydrogen (secondary N) is 1. The second-order valence-electron chi connectivity index (χ2n) is 4.54. The van der Waals surface area contributed by atoms with Crippen LogP contribution in [0.5, 0.6) is 11.5 Å². The van der Waals surface area contributed by atoms with Gasteiger partial charge in [-0.2, -0.15) is 0 Å². The topological polar surface area (TPSA) is 30.5 Å². The van der Waals surface area contributed by atoms with E-state index >= 15 is 0 Å². The molecule has 0 aliphatic rings. The molecular formula is C15H21NO2. The van der Waals surface area contributed by atoms with Crippen molar-refractivity contribution < 1.29 is 9.47 Å². The van der Waals surface area contributed by atoms with Gasteiger partial charge in [-0.1, -0.05) is 12.0 Å². The first-order valence-corrected chi connectivity index (χ1v) is 6.05. The fourth-order valence-corrected chi connectivity index (χ4v) is 1.47. The van der Waals surface area contributed by atoms with Crippen LogP contribution < -0.4 is 14.8 Å². The predicted octanol–water partition coefficient (Wildman–Crippen LogP) is 2.60. The van der Waals surface area contributed by atoms with E-state index in [4.69, 9.17) is 15.9 Å². The van der Waals surface area contributed by atoms with Crippen LogP contribution in [0, 0.1) is 12.3 Å². The van der Waals surface area contributed by atoms with Crippen LogP contribution in [-0.2, 0) is 6.54 Å². The number of hydrogen-bond donors (Lipinski definition) is 1. The van der Waals surface area contributed by atoms with Crippen molar-refractivity contribution in [2.45, 2.75) is 32.9 Å². The lowest BCUT2D eigenvalue weighted by Gasteiger charge is -2.20. The molecule has 0 saturated heterocycles. The molecule has 0 unspecified atom stereocenters. The van der Waals surface area contributed by atoms with Crippen molar-refractivity contribution in [3.05, 3.63) is 23.8 Å². The second-order valence-corrected chi connectivity index (χ2v) is 4.54. The fourth-order valence-electron chi connectivity index (χ4n) is 1.47. The van der Waals surface area contributed by atoms with Gasteiger partial charge in [0.15, 0.2) is 11.5 Å². The summed E-state index contributed by atoms with van der Waals surface area (Å²) in [6.07, 6.45) is 5.44. The molecule has 0 saturated carbocycles. The van der Waals surface area contributed by atoms with E-state index in [9.17, 15) is 0 Å². The quantitative estimate of drug-likeness (QED) is 0.784. The zero-order chi connectivity index (χ0) is 13.6. The maximum Gasteiger partial charge on any atom is 0.161 e. The van der Waals surface area contributed by atoms with Gasteiger partial charge in [0.2, 0.25) is 0 Å². The lowest BCUT2D eigenvalue weighted by atomic mass is 10.1. The van der Waals surface area contributed by atoms with E-state index in [0.29, 0.717) is 13.2 Å². The highest BCUT2D eigenvalue weighted by Gasteiger charge is 2.13. The monoisotopic (exact) mass is 247 g/mol. The summed E-state index contributed by atoms with van der Waals surface area (Å²) in [5.41, 5.74) is 0.800. The molecule has 98 valence electrons. The average molecular weight is 247 g/mol. The van der Waals surface area contributed by atoms with Gasteiger partial charge < -0.3 is 9.47 Å². The summed E-state index contributed by atoms with van der Waals surface area (Å²) < 4.78 is 10.8. The number of hydrogen-bond acceptors (Lipinski definition) is 3. The van der Waals surface area contributed by atoms with E-state index in [1.165, 1.54) is 0 Å². The maximum absolute atomic E-state index is 5.53. The molecule has 3 heteroatoms. The van der Waals surface area contributed by atoms with Gasteiger partial charge in [0, 0.05) is 6.54 Å². The SMILES string of the molecule is C#CC(C)(C)NCc1ccc(OC)c(OCC)c1. The minimum absolute atomic E-state index is 0.314. The molecule has 1 rings (SSSR count). The smallest absolute Gasteiger partial charge is 0.161 e. The Kier molecular flexibility index (Phi) is 5.06. The van der Waals surface area contributed by atoms with E-state index in [1.807, 2.05) is 39.0 Å². The Bertz CT molecular complexity index is 433. The first-order chi connectivity index (χ1) is 8.52. The first-order valence-electron chi connectivity index (χ1n) is 6.05. The number of terminal acetylenes is 1. The van der Waals surface area contributed by atoms with E-state index in [1.54, 1.807) is 7.11 Å². The van der Waals surface area contributed by atoms with Crippen molar-refractivity contribution in [2.75, 3.05) is 13.7 Å². The summed E-state index contributed by atoms with van der Waals surface area (Å²) in [5, 5.41) is 3.30. The molecule has 18 heavy (non-hydrogen) atoms. The molecule has 1 N–H and O–H groups in total. The number of benzene rings is 1. The molecule has 0 atom stereocenters. The Labute approximate surface area is 109 Å². The summed E-state index contributed by atoms with van der Waals surface area (Å²) in [7, 11) is 1.64. The summed E-state index contributed by atoms with van der Waals surface area (Å²) in [4.78, 5) is 0. The second kappa shape index (κ2) is 6.32. The molecule has 0 heterocycles. The van der Waals surface area contributed by atoms with E-state index in [0.717, 1.165) is 17.1 Å². The van der Waals surface area contributed by atoms with Gasteiger partial charge in [0.1, 0.15) is 0 Å². The summed E-state index contributed by atoms with van der Waals surface area (Å²) in [5.74, 6) is 4.22. The third kappa shape index (κ3) is 3.97. The van der Waals surface area contributed by atoms with Crippen LogP contribution in [0.2, 0.25) is 0 Å². The van der Waals surface area contributed by atoms with Gasteiger partial charge in [-0.15, -0.1) is 6.42 Å². The van der Waals surface area contributed by atoms with Gasteiger partial charge in [-0.25, -0.2) is 0 Å². The molecule has 0 fully saturated rings. The summed E-state index contributed by atoms with van der Waals surface area (Å²) >= 11 is 0. The fraction of sp³-hybridized carbons (Fsp3) is 0.467. The van der Waals surface area contributed by atoms with Crippen LogP contribution in [0.3, 0.4) is 0 Å². The van der Waals surface area contributed by atoms with Crippen molar-refractivity contribution in [1.82, 2.24) is 5.32 Å². The van der Waals surface area contributed by atoms with Crippen molar-refractivity contribution in [1.29, 1.82) is 0 Å². The minimum atomic E-state index is -0.314. The highest BCUT2D eigenvalue weighted by atomic mass is 16.5. The largest absolute Gasteiger partial charge is 0.493 e. The van der Waals surface area contributed by atoms with Gasteiger partial charge in [0.05, 0.1) is 19.3 Å². The molecular weight excluding hydrogens is 226 g/mol. The van der Waals surface area contributed by atoms with E-state index in [2.05, 4.69) is 11.2 Å². The zero-order valence-electron chi connectivity index (χ0n) is 11.5. The van der Waals surface area contributed by atoms with Crippen LogP contribution in [0.25, 0.3) is 0 Å². The van der Waals surface area contributed by atoms with Gasteiger partial charge >= 0.3 is 0 Å². The highest BCUT2D eigenvalue weighted by molar-refractivity contribution is 5.43. The average Bonchev–Trinajstić information content (AvgIpc) is 2.37. The molecule has 0 radical (unpaired) electrons. The van der Waals surface area contributed by atoms with Crippen LogP contribution in [0.1, 0.15) is 26.3 Å². The van der Waals surface area contributed by atoms with Gasteiger partial charge in [-0.05, 0) is 38.5 Å². The van der Waals surface area contributed by atoms with Crippen molar-refractivity contribution >= 4 is 0 Å². The lowest BCUT2D eigenvalue weighted by molar-refractivity contribution is 0.310. The Balaban J connectivity index is 2.79. The summed E-state index contributed by atoms with van der Waals surface area (Å²) in [6.45, 7) is 7.20. The summed E-state index contributed by atoms with van der Waals surface area (Å²) in [6, 6.07) is 5.88. The molecule has 0 bridgehead atoms. The van der Waals surface area contributed by atoms with Crippen molar-refractivity contribution in [2.24, 2.45) is 0 Å². The molecule has 0 aliphatic carbocycles. The highest BCUT2D eigenvalue weighted by Crippen LogP contribution is 2.28. The molecule has 1 aromatic carbocycles. The minimum Gasteiger partial charge on any atom is -0.493 e. The Hall–Kier alpha value is -1.66. The Morgan fingerprint density at radius 3 is 2.61 bits per heavy atom. The predicted molar refractivity (Wildman–Crippen MR) is 73.9 cm³/mol. The van der Waals surface area contributed by atoms with Gasteiger partial charge in [0.25, 0.3) is 0 Å². The van der Waals surface area contributed by atoms with Crippen LogP contribution in [-0.4, -0.2) is 19.3 Å². The number of ether oxygens (including phenoxy) is 2. The first kappa shape index (κ1) is 14.4. The van der Waals surface area contributed by atoms with Crippen LogP contribution in [0.15, 0.2) is 18.2 Å². The Morgan fingerprint density at radius 1 is 1.33 bits per heavy atom. The molecule has 0 amide bonds.